The Hall–Kier alpha value is -0.640. The van der Waals surface area contributed by atoms with Gasteiger partial charge in [0, 0.05) is 12.6 Å². The third-order valence-electron chi connectivity index (χ3n) is 2.53. The van der Waals surface area contributed by atoms with E-state index in [0.29, 0.717) is 6.54 Å². The number of carbonyl (C=O) groups is 1. The first-order chi connectivity index (χ1) is 6.24. The lowest BCUT2D eigenvalue weighted by atomic mass is 9.99. The summed E-state index contributed by atoms with van der Waals surface area (Å²) in [7, 11) is 0. The molecule has 0 aromatic heterocycles. The maximum absolute atomic E-state index is 12.1. The van der Waals surface area contributed by atoms with Gasteiger partial charge >= 0.3 is 5.97 Å². The quantitative estimate of drug-likeness (QED) is 0.724. The number of nitrogens with zero attached hydrogens (tertiary/aromatic N) is 1. The summed E-state index contributed by atoms with van der Waals surface area (Å²) in [5, 5.41) is 8.63. The van der Waals surface area contributed by atoms with Crippen molar-refractivity contribution in [2.75, 3.05) is 19.8 Å². The van der Waals surface area contributed by atoms with Crippen molar-refractivity contribution in [1.29, 1.82) is 0 Å². The summed E-state index contributed by atoms with van der Waals surface area (Å²) >= 11 is 0. The summed E-state index contributed by atoms with van der Waals surface area (Å²) < 4.78 is 12.1. The van der Waals surface area contributed by atoms with Crippen LogP contribution in [0, 0.1) is 0 Å². The predicted octanol–water partition coefficient (Wildman–Crippen LogP) is 1.29. The number of likely N-dealkylation sites (tertiary alicyclic amines) is 1. The van der Waals surface area contributed by atoms with E-state index in [9.17, 15) is 9.18 Å². The number of alkyl halides is 1. The molecule has 1 aliphatic rings. The third kappa shape index (κ3) is 3.30. The fourth-order valence-electron chi connectivity index (χ4n) is 1.90. The molecular formula is C9H16FNO2. The van der Waals surface area contributed by atoms with Crippen LogP contribution in [0.1, 0.15) is 25.7 Å². The summed E-state index contributed by atoms with van der Waals surface area (Å²) in [6.07, 6.45) is 3.18. The van der Waals surface area contributed by atoms with Crippen LogP contribution in [0.2, 0.25) is 0 Å². The van der Waals surface area contributed by atoms with Crippen LogP contribution in [-0.2, 0) is 4.79 Å². The molecule has 13 heavy (non-hydrogen) atoms. The van der Waals surface area contributed by atoms with E-state index >= 15 is 0 Å². The minimum atomic E-state index is -0.782. The molecule has 3 nitrogen and oxygen atoms in total. The molecule has 0 saturated carbocycles. The Morgan fingerprint density at radius 2 is 2.31 bits per heavy atom. The lowest BCUT2D eigenvalue weighted by Crippen LogP contribution is -2.41. The van der Waals surface area contributed by atoms with Crippen molar-refractivity contribution in [1.82, 2.24) is 4.90 Å². The molecule has 1 N–H and O–H groups in total. The molecule has 1 aliphatic heterocycles. The van der Waals surface area contributed by atoms with Gasteiger partial charge in [-0.05, 0) is 19.4 Å². The molecule has 0 amide bonds. The maximum atomic E-state index is 12.1. The lowest BCUT2D eigenvalue weighted by molar-refractivity contribution is -0.138. The standard InChI is InChI=1S/C9H16FNO2/c10-4-6-11-5-2-1-3-8(11)7-9(12)13/h8H,1-7H2,(H,12,13). The van der Waals surface area contributed by atoms with Crippen LogP contribution in [0.5, 0.6) is 0 Å². The molecule has 1 rings (SSSR count). The number of halogens is 1. The van der Waals surface area contributed by atoms with Gasteiger partial charge in [0.05, 0.1) is 6.42 Å². The number of rotatable bonds is 4. The fraction of sp³-hybridized carbons (Fsp3) is 0.889. The van der Waals surface area contributed by atoms with E-state index in [1.54, 1.807) is 0 Å². The summed E-state index contributed by atoms with van der Waals surface area (Å²) in [6.45, 7) is 0.857. The van der Waals surface area contributed by atoms with Gasteiger partial charge in [0.15, 0.2) is 0 Å². The number of carboxylic acids is 1. The zero-order chi connectivity index (χ0) is 9.68. The Morgan fingerprint density at radius 3 is 2.92 bits per heavy atom. The van der Waals surface area contributed by atoms with E-state index in [0.717, 1.165) is 25.8 Å². The van der Waals surface area contributed by atoms with Crippen LogP contribution >= 0.6 is 0 Å². The molecule has 0 bridgehead atoms. The van der Waals surface area contributed by atoms with Gasteiger partial charge in [-0.3, -0.25) is 9.69 Å². The highest BCUT2D eigenvalue weighted by Gasteiger charge is 2.23. The largest absolute Gasteiger partial charge is 0.481 e. The van der Waals surface area contributed by atoms with Gasteiger partial charge in [-0.1, -0.05) is 6.42 Å². The molecule has 76 valence electrons. The van der Waals surface area contributed by atoms with Crippen molar-refractivity contribution in [2.24, 2.45) is 0 Å². The second-order valence-corrected chi connectivity index (χ2v) is 3.47. The molecule has 0 aromatic carbocycles. The predicted molar refractivity (Wildman–Crippen MR) is 47.4 cm³/mol. The van der Waals surface area contributed by atoms with Crippen LogP contribution in [0.4, 0.5) is 4.39 Å². The Kier molecular flexibility index (Phi) is 4.15. The SMILES string of the molecule is O=C(O)CC1CCCCN1CCF. The number of aliphatic carboxylic acids is 1. The van der Waals surface area contributed by atoms with Crippen LogP contribution in [-0.4, -0.2) is 41.8 Å². The highest BCUT2D eigenvalue weighted by atomic mass is 19.1. The van der Waals surface area contributed by atoms with Gasteiger partial charge in [0.2, 0.25) is 0 Å². The van der Waals surface area contributed by atoms with E-state index in [-0.39, 0.29) is 19.1 Å². The van der Waals surface area contributed by atoms with Crippen molar-refractivity contribution in [3.8, 4) is 0 Å². The van der Waals surface area contributed by atoms with Crippen molar-refractivity contribution in [3.63, 3.8) is 0 Å². The average Bonchev–Trinajstić information content (AvgIpc) is 2.08. The first kappa shape index (κ1) is 10.4. The Labute approximate surface area is 77.5 Å². The molecule has 1 saturated heterocycles. The maximum Gasteiger partial charge on any atom is 0.304 e. The second-order valence-electron chi connectivity index (χ2n) is 3.47. The summed E-state index contributed by atoms with van der Waals surface area (Å²) in [6, 6.07) is 0.0574. The zero-order valence-corrected chi connectivity index (χ0v) is 7.71. The zero-order valence-electron chi connectivity index (χ0n) is 7.71. The normalized spacial score (nSPS) is 24.5. The molecule has 1 unspecified atom stereocenters. The Bertz CT molecular complexity index is 173. The molecular weight excluding hydrogens is 173 g/mol. The van der Waals surface area contributed by atoms with Gasteiger partial charge in [-0.25, -0.2) is 4.39 Å². The molecule has 1 heterocycles. The van der Waals surface area contributed by atoms with E-state index < -0.39 is 5.97 Å². The lowest BCUT2D eigenvalue weighted by Gasteiger charge is -2.34. The van der Waals surface area contributed by atoms with Crippen molar-refractivity contribution in [2.45, 2.75) is 31.7 Å². The summed E-state index contributed by atoms with van der Waals surface area (Å²) in [4.78, 5) is 12.5. The van der Waals surface area contributed by atoms with Gasteiger partial charge in [0.1, 0.15) is 6.67 Å². The highest BCUT2D eigenvalue weighted by Crippen LogP contribution is 2.19. The highest BCUT2D eigenvalue weighted by molar-refractivity contribution is 5.67. The van der Waals surface area contributed by atoms with Crippen LogP contribution in [0.25, 0.3) is 0 Å². The minimum Gasteiger partial charge on any atom is -0.481 e. The van der Waals surface area contributed by atoms with Gasteiger partial charge in [-0.15, -0.1) is 0 Å². The van der Waals surface area contributed by atoms with E-state index in [4.69, 9.17) is 5.11 Å². The molecule has 0 spiro atoms. The molecule has 1 atom stereocenters. The van der Waals surface area contributed by atoms with Gasteiger partial charge < -0.3 is 5.11 Å². The number of carboxylic acid groups (broad SMARTS) is 1. The monoisotopic (exact) mass is 189 g/mol. The second kappa shape index (κ2) is 5.17. The first-order valence-electron chi connectivity index (χ1n) is 4.76. The van der Waals surface area contributed by atoms with E-state index in [1.807, 2.05) is 4.90 Å². The number of hydrogen-bond donors (Lipinski definition) is 1. The Morgan fingerprint density at radius 1 is 1.54 bits per heavy atom. The molecule has 4 heteroatoms. The Balaban J connectivity index is 2.41. The van der Waals surface area contributed by atoms with Gasteiger partial charge in [0.25, 0.3) is 0 Å². The number of hydrogen-bond acceptors (Lipinski definition) is 2. The van der Waals surface area contributed by atoms with E-state index in [2.05, 4.69) is 0 Å². The van der Waals surface area contributed by atoms with E-state index in [1.165, 1.54) is 0 Å². The fourth-order valence-corrected chi connectivity index (χ4v) is 1.90. The van der Waals surface area contributed by atoms with Crippen LogP contribution in [0.15, 0.2) is 0 Å². The van der Waals surface area contributed by atoms with Crippen LogP contribution in [0.3, 0.4) is 0 Å². The van der Waals surface area contributed by atoms with Crippen LogP contribution < -0.4 is 0 Å². The smallest absolute Gasteiger partial charge is 0.304 e. The van der Waals surface area contributed by atoms with Crippen molar-refractivity contribution in [3.05, 3.63) is 0 Å². The molecule has 0 radical (unpaired) electrons. The molecule has 0 aromatic rings. The number of piperidine rings is 1. The summed E-state index contributed by atoms with van der Waals surface area (Å²) in [5.74, 6) is -0.782. The van der Waals surface area contributed by atoms with Crippen molar-refractivity contribution >= 4 is 5.97 Å². The van der Waals surface area contributed by atoms with Crippen molar-refractivity contribution < 1.29 is 14.3 Å². The first-order valence-corrected chi connectivity index (χ1v) is 4.76. The molecule has 1 fully saturated rings. The summed E-state index contributed by atoms with van der Waals surface area (Å²) in [5.41, 5.74) is 0. The topological polar surface area (TPSA) is 40.5 Å². The van der Waals surface area contributed by atoms with Gasteiger partial charge in [-0.2, -0.15) is 0 Å². The third-order valence-corrected chi connectivity index (χ3v) is 2.53. The average molecular weight is 189 g/mol. The molecule has 0 aliphatic carbocycles. The minimum absolute atomic E-state index is 0.0574.